The monoisotopic (exact) mass is 383 g/mol. The zero-order valence-corrected chi connectivity index (χ0v) is 15.8. The fourth-order valence-electron chi connectivity index (χ4n) is 3.28. The lowest BCUT2D eigenvalue weighted by molar-refractivity contribution is -0.133. The van der Waals surface area contributed by atoms with Gasteiger partial charge in [-0.05, 0) is 23.6 Å². The molecule has 4 rings (SSSR count). The zero-order chi connectivity index (χ0) is 18.6. The summed E-state index contributed by atoms with van der Waals surface area (Å²) in [4.78, 5) is 37.8. The van der Waals surface area contributed by atoms with Crippen LogP contribution in [0.15, 0.2) is 47.0 Å². The normalized spacial score (nSPS) is 15.3. The number of rotatable bonds is 5. The van der Waals surface area contributed by atoms with E-state index in [1.54, 1.807) is 0 Å². The van der Waals surface area contributed by atoms with Crippen LogP contribution in [0.2, 0.25) is 0 Å². The summed E-state index contributed by atoms with van der Waals surface area (Å²) in [5, 5.41) is 1.84. The SMILES string of the molecule is O=C(Cn1cnc2ccsc2c1=O)N1CCN(CCc2ccccn2)CC1. The molecule has 1 amide bonds. The Balaban J connectivity index is 1.30. The maximum Gasteiger partial charge on any atom is 0.271 e. The van der Waals surface area contributed by atoms with E-state index < -0.39 is 0 Å². The zero-order valence-electron chi connectivity index (χ0n) is 15.0. The summed E-state index contributed by atoms with van der Waals surface area (Å²) in [6, 6.07) is 7.78. The molecule has 0 bridgehead atoms. The smallest absolute Gasteiger partial charge is 0.271 e. The van der Waals surface area contributed by atoms with Gasteiger partial charge in [0.25, 0.3) is 5.56 Å². The van der Waals surface area contributed by atoms with Crippen LogP contribution in [0.25, 0.3) is 10.2 Å². The molecule has 3 aromatic heterocycles. The van der Waals surface area contributed by atoms with Crippen molar-refractivity contribution in [3.05, 3.63) is 58.2 Å². The largest absolute Gasteiger partial charge is 0.339 e. The van der Waals surface area contributed by atoms with E-state index in [2.05, 4.69) is 14.9 Å². The predicted octanol–water partition coefficient (Wildman–Crippen LogP) is 1.24. The van der Waals surface area contributed by atoms with Gasteiger partial charge in [0.1, 0.15) is 11.2 Å². The Morgan fingerprint density at radius 2 is 1.96 bits per heavy atom. The Morgan fingerprint density at radius 3 is 2.74 bits per heavy atom. The average Bonchev–Trinajstić information content (AvgIpc) is 3.19. The minimum Gasteiger partial charge on any atom is -0.339 e. The van der Waals surface area contributed by atoms with Crippen molar-refractivity contribution < 1.29 is 4.79 Å². The Kier molecular flexibility index (Phi) is 5.26. The highest BCUT2D eigenvalue weighted by Crippen LogP contribution is 2.13. The molecule has 1 fully saturated rings. The number of nitrogens with zero attached hydrogens (tertiary/aromatic N) is 5. The van der Waals surface area contributed by atoms with Gasteiger partial charge in [-0.1, -0.05) is 6.07 Å². The van der Waals surface area contributed by atoms with Crippen molar-refractivity contribution in [1.29, 1.82) is 0 Å². The van der Waals surface area contributed by atoms with Crippen molar-refractivity contribution in [2.45, 2.75) is 13.0 Å². The van der Waals surface area contributed by atoms with Gasteiger partial charge in [-0.15, -0.1) is 11.3 Å². The minimum atomic E-state index is -0.141. The van der Waals surface area contributed by atoms with Crippen LogP contribution in [0.5, 0.6) is 0 Å². The first-order valence-electron chi connectivity index (χ1n) is 9.03. The minimum absolute atomic E-state index is 0.0285. The molecule has 4 heterocycles. The number of pyridine rings is 1. The van der Waals surface area contributed by atoms with E-state index in [1.807, 2.05) is 40.7 Å². The van der Waals surface area contributed by atoms with Gasteiger partial charge < -0.3 is 4.90 Å². The summed E-state index contributed by atoms with van der Waals surface area (Å²) in [6.45, 7) is 4.05. The van der Waals surface area contributed by atoms with E-state index in [0.29, 0.717) is 23.3 Å². The summed E-state index contributed by atoms with van der Waals surface area (Å²) < 4.78 is 2.01. The first-order valence-corrected chi connectivity index (χ1v) is 9.91. The van der Waals surface area contributed by atoms with Crippen LogP contribution in [0.4, 0.5) is 0 Å². The molecule has 140 valence electrons. The Bertz CT molecular complexity index is 976. The molecule has 1 aliphatic heterocycles. The molecule has 0 unspecified atom stereocenters. The van der Waals surface area contributed by atoms with E-state index >= 15 is 0 Å². The van der Waals surface area contributed by atoms with Crippen LogP contribution in [-0.2, 0) is 17.8 Å². The Labute approximate surface area is 160 Å². The molecule has 0 spiro atoms. The third-order valence-electron chi connectivity index (χ3n) is 4.88. The predicted molar refractivity (Wildman–Crippen MR) is 105 cm³/mol. The lowest BCUT2D eigenvalue weighted by Crippen LogP contribution is -2.50. The number of piperazine rings is 1. The van der Waals surface area contributed by atoms with Crippen LogP contribution in [-0.4, -0.2) is 63.0 Å². The van der Waals surface area contributed by atoms with Crippen molar-refractivity contribution in [2.24, 2.45) is 0 Å². The van der Waals surface area contributed by atoms with Crippen LogP contribution in [0.1, 0.15) is 5.69 Å². The molecule has 8 heteroatoms. The first-order chi connectivity index (χ1) is 13.2. The van der Waals surface area contributed by atoms with Crippen molar-refractivity contribution in [2.75, 3.05) is 32.7 Å². The third kappa shape index (κ3) is 4.06. The fraction of sp³-hybridized carbons (Fsp3) is 0.368. The average molecular weight is 383 g/mol. The summed E-state index contributed by atoms with van der Waals surface area (Å²) in [6.07, 6.45) is 4.20. The van der Waals surface area contributed by atoms with Crippen molar-refractivity contribution in [3.8, 4) is 0 Å². The molecule has 1 aliphatic rings. The van der Waals surface area contributed by atoms with Gasteiger partial charge in [-0.25, -0.2) is 4.98 Å². The molecule has 3 aromatic rings. The lowest BCUT2D eigenvalue weighted by Gasteiger charge is -2.34. The molecular weight excluding hydrogens is 362 g/mol. The third-order valence-corrected chi connectivity index (χ3v) is 5.77. The summed E-state index contributed by atoms with van der Waals surface area (Å²) >= 11 is 1.36. The molecule has 0 N–H and O–H groups in total. The van der Waals surface area contributed by atoms with E-state index in [0.717, 1.165) is 31.7 Å². The molecule has 0 aromatic carbocycles. The van der Waals surface area contributed by atoms with Crippen molar-refractivity contribution in [1.82, 2.24) is 24.3 Å². The first kappa shape index (κ1) is 17.8. The highest BCUT2D eigenvalue weighted by Gasteiger charge is 2.21. The summed E-state index contributed by atoms with van der Waals surface area (Å²) in [7, 11) is 0. The number of carbonyl (C=O) groups is 1. The quantitative estimate of drug-likeness (QED) is 0.663. The number of hydrogen-bond acceptors (Lipinski definition) is 6. The van der Waals surface area contributed by atoms with Gasteiger partial charge >= 0.3 is 0 Å². The number of fused-ring (bicyclic) bond motifs is 1. The van der Waals surface area contributed by atoms with Crippen molar-refractivity contribution >= 4 is 27.5 Å². The standard InChI is InChI=1S/C19H21N5O2S/c25-17(13-24-14-21-16-5-12-27-18(16)19(24)26)23-10-8-22(9-11-23)7-4-15-3-1-2-6-20-15/h1-3,5-6,12,14H,4,7-11,13H2. The number of carbonyl (C=O) groups excluding carboxylic acids is 1. The second kappa shape index (κ2) is 7.98. The molecule has 27 heavy (non-hydrogen) atoms. The van der Waals surface area contributed by atoms with Gasteiger partial charge in [0.15, 0.2) is 0 Å². The number of aromatic nitrogens is 3. The molecule has 0 aliphatic carbocycles. The maximum absolute atomic E-state index is 12.6. The fourth-order valence-corrected chi connectivity index (χ4v) is 4.07. The van der Waals surface area contributed by atoms with Gasteiger partial charge in [0, 0.05) is 51.0 Å². The van der Waals surface area contributed by atoms with Crippen molar-refractivity contribution in [3.63, 3.8) is 0 Å². The van der Waals surface area contributed by atoms with E-state index in [-0.39, 0.29) is 18.0 Å². The maximum atomic E-state index is 12.6. The molecule has 0 atom stereocenters. The number of thiophene rings is 1. The molecule has 0 saturated carbocycles. The van der Waals surface area contributed by atoms with Crippen LogP contribution in [0.3, 0.4) is 0 Å². The number of hydrogen-bond donors (Lipinski definition) is 0. The Hall–Kier alpha value is -2.58. The summed E-state index contributed by atoms with van der Waals surface area (Å²) in [5.74, 6) is -0.0285. The van der Waals surface area contributed by atoms with Crippen LogP contribution < -0.4 is 5.56 Å². The molecule has 0 radical (unpaired) electrons. The lowest BCUT2D eigenvalue weighted by atomic mass is 10.2. The second-order valence-corrected chi connectivity index (χ2v) is 7.52. The Morgan fingerprint density at radius 1 is 1.11 bits per heavy atom. The van der Waals surface area contributed by atoms with Gasteiger partial charge in [-0.2, -0.15) is 0 Å². The highest BCUT2D eigenvalue weighted by atomic mass is 32.1. The van der Waals surface area contributed by atoms with Gasteiger partial charge in [-0.3, -0.25) is 24.0 Å². The number of amides is 1. The van der Waals surface area contributed by atoms with E-state index in [4.69, 9.17) is 0 Å². The van der Waals surface area contributed by atoms with E-state index in [1.165, 1.54) is 22.2 Å². The highest BCUT2D eigenvalue weighted by molar-refractivity contribution is 7.17. The summed E-state index contributed by atoms with van der Waals surface area (Å²) in [5.41, 5.74) is 1.64. The van der Waals surface area contributed by atoms with Gasteiger partial charge in [0.2, 0.25) is 5.91 Å². The topological polar surface area (TPSA) is 71.3 Å². The van der Waals surface area contributed by atoms with E-state index in [9.17, 15) is 9.59 Å². The van der Waals surface area contributed by atoms with Crippen LogP contribution >= 0.6 is 11.3 Å². The molecule has 7 nitrogen and oxygen atoms in total. The molecular formula is C19H21N5O2S. The van der Waals surface area contributed by atoms with Crippen LogP contribution in [0, 0.1) is 0 Å². The molecule has 1 saturated heterocycles. The second-order valence-electron chi connectivity index (χ2n) is 6.61. The van der Waals surface area contributed by atoms with Gasteiger partial charge in [0.05, 0.1) is 11.8 Å².